The second-order valence-corrected chi connectivity index (χ2v) is 19.9. The first-order valence-electron chi connectivity index (χ1n) is 27.3. The van der Waals surface area contributed by atoms with Crippen LogP contribution in [-0.2, 0) is 54.9 Å². The summed E-state index contributed by atoms with van der Waals surface area (Å²) >= 11 is 0. The average molecular weight is 1050 g/mol. The maximum Gasteiger partial charge on any atom is 0.333 e. The monoisotopic (exact) mass is 1050 g/mol. The van der Waals surface area contributed by atoms with Gasteiger partial charge in [0.15, 0.2) is 6.10 Å². The first kappa shape index (κ1) is 63.1. The third kappa shape index (κ3) is 23.0. The van der Waals surface area contributed by atoms with Crippen molar-refractivity contribution < 1.29 is 57.6 Å². The highest BCUT2D eigenvalue weighted by Crippen LogP contribution is 2.26. The van der Waals surface area contributed by atoms with Crippen LogP contribution in [-0.4, -0.2) is 88.4 Å². The lowest BCUT2D eigenvalue weighted by atomic mass is 9.93. The number of hydrogen-bond acceptors (Lipinski definition) is 12. The number of aliphatic hydroxyl groups excluding tert-OH is 2. The van der Waals surface area contributed by atoms with E-state index in [-0.39, 0.29) is 38.4 Å². The zero-order chi connectivity index (χ0) is 55.1. The summed E-state index contributed by atoms with van der Waals surface area (Å²) in [5.41, 5.74) is 5.73. The minimum atomic E-state index is -1.04. The molecule has 4 aromatic rings. The molecule has 7 atom stereocenters. The predicted octanol–water partition coefficient (Wildman–Crippen LogP) is 13.3. The number of esters is 1. The topological polar surface area (TPSA) is 141 Å². The molecule has 12 nitrogen and oxygen atoms in total. The Morgan fingerprint density at radius 2 is 0.947 bits per heavy atom. The molecule has 418 valence electrons. The van der Waals surface area contributed by atoms with Gasteiger partial charge in [0.1, 0.15) is 35.2 Å². The van der Waals surface area contributed by atoms with Gasteiger partial charge in [0.2, 0.25) is 0 Å². The van der Waals surface area contributed by atoms with Crippen LogP contribution in [0, 0.1) is 11.8 Å². The van der Waals surface area contributed by atoms with Crippen LogP contribution in [0.4, 0.5) is 0 Å². The van der Waals surface area contributed by atoms with Crippen LogP contribution in [0.25, 0.3) is 0 Å². The van der Waals surface area contributed by atoms with Gasteiger partial charge in [-0.1, -0.05) is 151 Å². The molecule has 0 saturated carbocycles. The summed E-state index contributed by atoms with van der Waals surface area (Å²) in [6.45, 7) is 12.4. The molecule has 0 aromatic heterocycles. The second kappa shape index (κ2) is 35.8. The van der Waals surface area contributed by atoms with E-state index >= 15 is 0 Å². The third-order valence-electron chi connectivity index (χ3n) is 13.7. The molecule has 0 radical (unpaired) electrons. The zero-order valence-electron chi connectivity index (χ0n) is 47.3. The van der Waals surface area contributed by atoms with Gasteiger partial charge in [-0.2, -0.15) is 0 Å². The molecule has 2 N–H and O–H groups in total. The fraction of sp³-hybridized carbons (Fsp3) is 0.516. The van der Waals surface area contributed by atoms with Crippen molar-refractivity contribution in [1.29, 1.82) is 0 Å². The Morgan fingerprint density at radius 1 is 0.526 bits per heavy atom. The van der Waals surface area contributed by atoms with Crippen LogP contribution < -0.4 is 18.9 Å². The van der Waals surface area contributed by atoms with Crippen molar-refractivity contribution in [2.45, 2.75) is 163 Å². The molecule has 0 spiro atoms. The number of benzene rings is 4. The number of hydrogen-bond donors (Lipinski definition) is 2. The molecule has 0 bridgehead atoms. The van der Waals surface area contributed by atoms with E-state index in [4.69, 9.17) is 42.6 Å². The summed E-state index contributed by atoms with van der Waals surface area (Å²) < 4.78 is 53.5. The van der Waals surface area contributed by atoms with Gasteiger partial charge in [0.05, 0.1) is 80.3 Å². The fourth-order valence-corrected chi connectivity index (χ4v) is 9.05. The lowest BCUT2D eigenvalue weighted by Gasteiger charge is -2.32. The molecule has 12 heteroatoms. The van der Waals surface area contributed by atoms with E-state index in [0.717, 1.165) is 52.0 Å². The highest BCUT2D eigenvalue weighted by atomic mass is 16.6. The van der Waals surface area contributed by atoms with Crippen LogP contribution in [0.1, 0.15) is 128 Å². The van der Waals surface area contributed by atoms with E-state index in [0.29, 0.717) is 29.4 Å². The van der Waals surface area contributed by atoms with Gasteiger partial charge in [-0.05, 0) is 104 Å². The standard InChI is InChI=1S/C64H90O12/c1-11-12-13-14-15-16-17-18-19-20-59(73-42-52-23-31-56(69-8)32-24-52)47(3)37-46(2)38-48(4)62(66)49(5)39-50(6)64(67)76-61(45-72-41-51-21-29-55(68-7)30-22-51)63(75-44-54-27-35-58(71-10)36-28-54)60(40-65)74-43-53-25-33-57(70-9)34-26-53/h21-39,47,49,59-63,65-66H,11-20,40-45H2,1-10H3/b46-37+,48-38+,50-39+/t47-,49+,59+,60+,61+,62-,63-/m0/s1. The summed E-state index contributed by atoms with van der Waals surface area (Å²) in [5.74, 6) is 1.98. The minimum absolute atomic E-state index is 0.0209. The molecular formula is C64H90O12. The molecule has 0 unspecified atom stereocenters. The summed E-state index contributed by atoms with van der Waals surface area (Å²) in [7, 11) is 6.49. The highest BCUT2D eigenvalue weighted by Gasteiger charge is 2.35. The first-order valence-corrected chi connectivity index (χ1v) is 27.3. The Bertz CT molecular complexity index is 2290. The van der Waals surface area contributed by atoms with Gasteiger partial charge in [-0.25, -0.2) is 4.79 Å². The fourth-order valence-electron chi connectivity index (χ4n) is 9.05. The minimum Gasteiger partial charge on any atom is -0.497 e. The van der Waals surface area contributed by atoms with E-state index in [1.54, 1.807) is 41.4 Å². The first-order chi connectivity index (χ1) is 36.8. The normalized spacial score (nSPS) is 15.0. The van der Waals surface area contributed by atoms with E-state index in [1.165, 1.54) is 51.4 Å². The summed E-state index contributed by atoms with van der Waals surface area (Å²) in [4.78, 5) is 14.2. The predicted molar refractivity (Wildman–Crippen MR) is 302 cm³/mol. The Balaban J connectivity index is 1.52. The molecule has 4 aromatic carbocycles. The lowest BCUT2D eigenvalue weighted by molar-refractivity contribution is -0.182. The SMILES string of the molecule is CCCCCCCCCCC[C@@H](OCc1ccc(OC)cc1)[C@@H](C)/C=C(C)/C=C(\C)[C@H](O)[C@H](C)/C=C(\C)C(=O)O[C@H](COCc1ccc(OC)cc1)[C@@H](OCc1ccc(OC)cc1)[C@@H](CO)OCc1ccc(OC)cc1. The number of methoxy groups -OCH3 is 4. The molecule has 0 saturated heterocycles. The number of aliphatic hydroxyl groups is 2. The number of unbranched alkanes of at least 4 members (excludes halogenated alkanes) is 8. The number of allylic oxidation sites excluding steroid dienone is 2. The quantitative estimate of drug-likeness (QED) is 0.0191. The summed E-state index contributed by atoms with van der Waals surface area (Å²) in [6.07, 6.45) is 14.5. The van der Waals surface area contributed by atoms with Crippen LogP contribution in [0.15, 0.2) is 132 Å². The zero-order valence-corrected chi connectivity index (χ0v) is 47.3. The molecule has 0 heterocycles. The largest absolute Gasteiger partial charge is 0.497 e. The van der Waals surface area contributed by atoms with Gasteiger partial charge in [0.25, 0.3) is 0 Å². The van der Waals surface area contributed by atoms with Crippen molar-refractivity contribution >= 4 is 5.97 Å². The van der Waals surface area contributed by atoms with Gasteiger partial charge >= 0.3 is 5.97 Å². The van der Waals surface area contributed by atoms with Gasteiger partial charge in [0, 0.05) is 17.4 Å². The van der Waals surface area contributed by atoms with Crippen molar-refractivity contribution in [3.63, 3.8) is 0 Å². The molecule has 0 aliphatic carbocycles. The number of ether oxygens (including phenoxy) is 9. The molecule has 0 amide bonds. The second-order valence-electron chi connectivity index (χ2n) is 19.9. The Morgan fingerprint density at radius 3 is 1.39 bits per heavy atom. The molecule has 0 aliphatic rings. The lowest BCUT2D eigenvalue weighted by Crippen LogP contribution is -2.47. The summed E-state index contributed by atoms with van der Waals surface area (Å²) in [6, 6.07) is 30.4. The molecular weight excluding hydrogens is 961 g/mol. The maximum absolute atomic E-state index is 14.2. The smallest absolute Gasteiger partial charge is 0.333 e. The number of rotatable bonds is 38. The highest BCUT2D eigenvalue weighted by molar-refractivity contribution is 5.88. The molecule has 76 heavy (non-hydrogen) atoms. The van der Waals surface area contributed by atoms with Gasteiger partial charge in [-0.15, -0.1) is 0 Å². The molecule has 0 fully saturated rings. The van der Waals surface area contributed by atoms with Crippen molar-refractivity contribution in [1.82, 2.24) is 0 Å². The Hall–Kier alpha value is -5.47. The number of carbonyl (C=O) groups is 1. The molecule has 0 aliphatic heterocycles. The number of carbonyl (C=O) groups excluding carboxylic acids is 1. The average Bonchev–Trinajstić information content (AvgIpc) is 3.44. The van der Waals surface area contributed by atoms with E-state index < -0.39 is 42.9 Å². The van der Waals surface area contributed by atoms with Gasteiger partial charge < -0.3 is 52.8 Å². The van der Waals surface area contributed by atoms with Crippen molar-refractivity contribution in [3.8, 4) is 23.0 Å². The van der Waals surface area contributed by atoms with Crippen molar-refractivity contribution in [3.05, 3.63) is 154 Å². The Kier molecular flexibility index (Phi) is 29.7. The third-order valence-corrected chi connectivity index (χ3v) is 13.7. The van der Waals surface area contributed by atoms with Crippen molar-refractivity contribution in [2.75, 3.05) is 41.7 Å². The van der Waals surface area contributed by atoms with E-state index in [1.807, 2.05) is 117 Å². The van der Waals surface area contributed by atoms with Crippen LogP contribution in [0.5, 0.6) is 23.0 Å². The van der Waals surface area contributed by atoms with Crippen molar-refractivity contribution in [2.24, 2.45) is 11.8 Å². The van der Waals surface area contributed by atoms with E-state index in [2.05, 4.69) is 26.8 Å². The Labute approximate surface area is 455 Å². The maximum atomic E-state index is 14.2. The molecule has 4 rings (SSSR count). The van der Waals surface area contributed by atoms with Gasteiger partial charge in [-0.3, -0.25) is 0 Å². The summed E-state index contributed by atoms with van der Waals surface area (Å²) in [5, 5.41) is 22.6. The van der Waals surface area contributed by atoms with Crippen LogP contribution in [0.2, 0.25) is 0 Å². The van der Waals surface area contributed by atoms with Crippen LogP contribution in [0.3, 0.4) is 0 Å². The van der Waals surface area contributed by atoms with E-state index in [9.17, 15) is 15.0 Å². The van der Waals surface area contributed by atoms with Crippen LogP contribution >= 0.6 is 0 Å².